The fourth-order valence-corrected chi connectivity index (χ4v) is 4.15. The zero-order chi connectivity index (χ0) is 23.1. The number of nitrogens with one attached hydrogen (secondary N) is 1. The molecule has 0 radical (unpaired) electrons. The number of Topliss-reactive ketones (excluding diaryl/α,β-unsaturated/α-hetero) is 1. The van der Waals surface area contributed by atoms with Gasteiger partial charge in [0.05, 0.1) is 10.3 Å². The molecule has 2 aromatic carbocycles. The van der Waals surface area contributed by atoms with E-state index in [-0.39, 0.29) is 11.7 Å². The number of carbonyl (C=O) groups excluding carboxylic acids is 2. The van der Waals surface area contributed by atoms with Crippen molar-refractivity contribution in [2.75, 3.05) is 19.0 Å². The summed E-state index contributed by atoms with van der Waals surface area (Å²) in [7, 11) is 1.66. The number of amides is 1. The van der Waals surface area contributed by atoms with Gasteiger partial charge in [-0.05, 0) is 44.5 Å². The van der Waals surface area contributed by atoms with Gasteiger partial charge in [0.15, 0.2) is 16.8 Å². The maximum absolute atomic E-state index is 12.8. The Morgan fingerprint density at radius 2 is 1.97 bits per heavy atom. The van der Waals surface area contributed by atoms with Crippen LogP contribution in [0.3, 0.4) is 0 Å². The first-order chi connectivity index (χ1) is 15.4. The molecule has 1 heterocycles. The van der Waals surface area contributed by atoms with Crippen LogP contribution in [-0.4, -0.2) is 45.4 Å². The summed E-state index contributed by atoms with van der Waals surface area (Å²) in [6.45, 7) is 4.51. The minimum absolute atomic E-state index is 0.0558. The molecule has 9 heteroatoms. The average molecular weight is 473 g/mol. The van der Waals surface area contributed by atoms with Crippen LogP contribution < -0.4 is 5.32 Å². The quantitative estimate of drug-likeness (QED) is 0.255. The Balaban J connectivity index is 1.79. The normalized spacial score (nSPS) is 11.9. The SMILES string of the molecule is COCCCn1c(S[C@@H](C)C(=O)Nc2cccc(C(C)=O)c2)nnc1-c1ccccc1Cl. The number of rotatable bonds is 10. The molecule has 0 unspecified atom stereocenters. The van der Waals surface area contributed by atoms with Crippen molar-refractivity contribution in [2.24, 2.45) is 0 Å². The Morgan fingerprint density at radius 3 is 2.69 bits per heavy atom. The van der Waals surface area contributed by atoms with Crippen LogP contribution in [0.5, 0.6) is 0 Å². The molecule has 0 saturated heterocycles. The molecule has 1 N–H and O–H groups in total. The van der Waals surface area contributed by atoms with Crippen molar-refractivity contribution >= 4 is 40.7 Å². The van der Waals surface area contributed by atoms with Crippen LogP contribution in [0.1, 0.15) is 30.6 Å². The molecular weight excluding hydrogens is 448 g/mol. The Bertz CT molecular complexity index is 1100. The summed E-state index contributed by atoms with van der Waals surface area (Å²) in [5, 5.41) is 12.3. The number of thioether (sulfide) groups is 1. The highest BCUT2D eigenvalue weighted by Crippen LogP contribution is 2.31. The fourth-order valence-electron chi connectivity index (χ4n) is 3.06. The Morgan fingerprint density at radius 1 is 1.19 bits per heavy atom. The molecule has 7 nitrogen and oxygen atoms in total. The first-order valence-electron chi connectivity index (χ1n) is 10.2. The lowest BCUT2D eigenvalue weighted by Gasteiger charge is -2.14. The molecule has 168 valence electrons. The average Bonchev–Trinajstić information content (AvgIpc) is 3.16. The van der Waals surface area contributed by atoms with Crippen molar-refractivity contribution in [1.82, 2.24) is 14.8 Å². The third kappa shape index (κ3) is 5.97. The number of halogens is 1. The highest BCUT2D eigenvalue weighted by atomic mass is 35.5. The van der Waals surface area contributed by atoms with Gasteiger partial charge in [-0.3, -0.25) is 9.59 Å². The lowest BCUT2D eigenvalue weighted by Crippen LogP contribution is -2.23. The summed E-state index contributed by atoms with van der Waals surface area (Å²) in [6, 6.07) is 14.3. The van der Waals surface area contributed by atoms with E-state index in [1.807, 2.05) is 28.8 Å². The predicted octanol–water partition coefficient (Wildman–Crippen LogP) is 4.96. The van der Waals surface area contributed by atoms with Gasteiger partial charge in [-0.15, -0.1) is 10.2 Å². The maximum Gasteiger partial charge on any atom is 0.237 e. The van der Waals surface area contributed by atoms with Crippen LogP contribution in [0.25, 0.3) is 11.4 Å². The van der Waals surface area contributed by atoms with E-state index in [2.05, 4.69) is 15.5 Å². The van der Waals surface area contributed by atoms with Crippen molar-refractivity contribution < 1.29 is 14.3 Å². The molecule has 0 aliphatic rings. The zero-order valence-corrected chi connectivity index (χ0v) is 19.7. The molecule has 0 saturated carbocycles. The fraction of sp³-hybridized carbons (Fsp3) is 0.304. The number of hydrogen-bond acceptors (Lipinski definition) is 6. The monoisotopic (exact) mass is 472 g/mol. The second-order valence-corrected chi connectivity index (χ2v) is 8.89. The summed E-state index contributed by atoms with van der Waals surface area (Å²) in [5.41, 5.74) is 1.91. The second kappa shape index (κ2) is 11.3. The van der Waals surface area contributed by atoms with E-state index in [0.717, 1.165) is 12.0 Å². The van der Waals surface area contributed by atoms with Crippen LogP contribution in [0.15, 0.2) is 53.7 Å². The molecule has 1 amide bonds. The van der Waals surface area contributed by atoms with Crippen LogP contribution in [0, 0.1) is 0 Å². The molecule has 32 heavy (non-hydrogen) atoms. The number of anilines is 1. The molecule has 3 rings (SSSR count). The van der Waals surface area contributed by atoms with Gasteiger partial charge in [-0.2, -0.15) is 0 Å². The number of ether oxygens (including phenoxy) is 1. The number of ketones is 1. The smallest absolute Gasteiger partial charge is 0.237 e. The molecule has 3 aromatic rings. The third-order valence-corrected chi connectivity index (χ3v) is 6.16. The van der Waals surface area contributed by atoms with Gasteiger partial charge in [0, 0.05) is 37.1 Å². The summed E-state index contributed by atoms with van der Waals surface area (Å²) in [6.07, 6.45) is 0.762. The van der Waals surface area contributed by atoms with E-state index in [4.69, 9.17) is 16.3 Å². The van der Waals surface area contributed by atoms with E-state index in [0.29, 0.717) is 40.4 Å². The Kier molecular flexibility index (Phi) is 8.44. The largest absolute Gasteiger partial charge is 0.385 e. The van der Waals surface area contributed by atoms with Gasteiger partial charge in [0.25, 0.3) is 0 Å². The standard InChI is InChI=1S/C23H25ClN4O3S/c1-15(29)17-8-6-9-18(14-17)25-22(30)16(2)32-23-27-26-21(28(23)12-7-13-31-3)19-10-4-5-11-20(19)24/h4-6,8-11,14,16H,7,12-13H2,1-3H3,(H,25,30)/t16-/m0/s1. The number of hydrogen-bond donors (Lipinski definition) is 1. The minimum atomic E-state index is -0.444. The third-order valence-electron chi connectivity index (χ3n) is 4.75. The van der Waals surface area contributed by atoms with Crippen molar-refractivity contribution in [3.63, 3.8) is 0 Å². The van der Waals surface area contributed by atoms with Crippen molar-refractivity contribution in [3.05, 3.63) is 59.1 Å². The number of methoxy groups -OCH3 is 1. The molecule has 0 bridgehead atoms. The maximum atomic E-state index is 12.8. The van der Waals surface area contributed by atoms with Gasteiger partial charge in [0.1, 0.15) is 0 Å². The van der Waals surface area contributed by atoms with Crippen molar-refractivity contribution in [2.45, 2.75) is 37.2 Å². The Labute approximate surface area is 196 Å². The highest BCUT2D eigenvalue weighted by molar-refractivity contribution is 8.00. The van der Waals surface area contributed by atoms with E-state index in [1.165, 1.54) is 18.7 Å². The van der Waals surface area contributed by atoms with Crippen LogP contribution in [0.2, 0.25) is 5.02 Å². The van der Waals surface area contributed by atoms with E-state index < -0.39 is 5.25 Å². The summed E-state index contributed by atoms with van der Waals surface area (Å²) < 4.78 is 7.15. The van der Waals surface area contributed by atoms with E-state index in [1.54, 1.807) is 38.3 Å². The number of aromatic nitrogens is 3. The molecule has 0 fully saturated rings. The van der Waals surface area contributed by atoms with Crippen LogP contribution in [-0.2, 0) is 16.1 Å². The number of nitrogens with zero attached hydrogens (tertiary/aromatic N) is 3. The molecule has 1 atom stereocenters. The van der Waals surface area contributed by atoms with E-state index >= 15 is 0 Å². The summed E-state index contributed by atoms with van der Waals surface area (Å²) >= 11 is 7.70. The van der Waals surface area contributed by atoms with Crippen LogP contribution >= 0.6 is 23.4 Å². The predicted molar refractivity (Wildman–Crippen MR) is 127 cm³/mol. The molecular formula is C23H25ClN4O3S. The van der Waals surface area contributed by atoms with Crippen molar-refractivity contribution in [3.8, 4) is 11.4 Å². The molecule has 0 aliphatic heterocycles. The number of benzene rings is 2. The molecule has 1 aromatic heterocycles. The van der Waals surface area contributed by atoms with Crippen LogP contribution in [0.4, 0.5) is 5.69 Å². The first kappa shape index (κ1) is 24.0. The lowest BCUT2D eigenvalue weighted by molar-refractivity contribution is -0.115. The molecule has 0 aliphatic carbocycles. The Hall–Kier alpha value is -2.68. The zero-order valence-electron chi connectivity index (χ0n) is 18.2. The van der Waals surface area contributed by atoms with Gasteiger partial charge < -0.3 is 14.6 Å². The summed E-state index contributed by atoms with van der Waals surface area (Å²) in [4.78, 5) is 24.4. The van der Waals surface area contributed by atoms with Gasteiger partial charge >= 0.3 is 0 Å². The minimum Gasteiger partial charge on any atom is -0.385 e. The second-order valence-electron chi connectivity index (χ2n) is 7.17. The van der Waals surface area contributed by atoms with Gasteiger partial charge in [0.2, 0.25) is 5.91 Å². The topological polar surface area (TPSA) is 86.1 Å². The lowest BCUT2D eigenvalue weighted by atomic mass is 10.1. The van der Waals surface area contributed by atoms with Gasteiger partial charge in [-0.1, -0.05) is 47.6 Å². The van der Waals surface area contributed by atoms with E-state index in [9.17, 15) is 9.59 Å². The van der Waals surface area contributed by atoms with Gasteiger partial charge in [-0.25, -0.2) is 0 Å². The van der Waals surface area contributed by atoms with Crippen molar-refractivity contribution in [1.29, 1.82) is 0 Å². The summed E-state index contributed by atoms with van der Waals surface area (Å²) in [5.74, 6) is 0.400. The number of carbonyl (C=O) groups is 2. The highest BCUT2D eigenvalue weighted by Gasteiger charge is 2.22. The first-order valence-corrected chi connectivity index (χ1v) is 11.4. The molecule has 0 spiro atoms.